The van der Waals surface area contributed by atoms with Crippen molar-refractivity contribution in [1.29, 1.82) is 0 Å². The Labute approximate surface area is 115 Å². The maximum Gasteiger partial charge on any atom is 0.418 e. The van der Waals surface area contributed by atoms with Crippen molar-refractivity contribution in [1.82, 2.24) is 0 Å². The van der Waals surface area contributed by atoms with Gasteiger partial charge in [0.25, 0.3) is 0 Å². The normalized spacial score (nSPS) is 23.4. The third-order valence-corrected chi connectivity index (χ3v) is 3.65. The third-order valence-electron chi connectivity index (χ3n) is 3.65. The fraction of sp³-hybridized carbons (Fsp3) is 0.500. The largest absolute Gasteiger partial charge is 0.418 e. The van der Waals surface area contributed by atoms with Crippen LogP contribution in [0.5, 0.6) is 0 Å². The Balaban J connectivity index is 2.16. The summed E-state index contributed by atoms with van der Waals surface area (Å²) in [5, 5.41) is 2.38. The molecular formula is C14H17F3N2O. The average molecular weight is 286 g/mol. The second-order valence-electron chi connectivity index (χ2n) is 5.09. The van der Waals surface area contributed by atoms with Crippen molar-refractivity contribution >= 4 is 11.6 Å². The highest BCUT2D eigenvalue weighted by atomic mass is 19.4. The number of halogens is 3. The summed E-state index contributed by atoms with van der Waals surface area (Å²) in [6.45, 7) is 0. The number of nitrogens with one attached hydrogen (secondary N) is 1. The van der Waals surface area contributed by atoms with E-state index in [1.165, 1.54) is 18.2 Å². The van der Waals surface area contributed by atoms with Crippen molar-refractivity contribution in [2.75, 3.05) is 5.32 Å². The highest BCUT2D eigenvalue weighted by molar-refractivity contribution is 5.93. The topological polar surface area (TPSA) is 55.1 Å². The van der Waals surface area contributed by atoms with E-state index in [1.54, 1.807) is 0 Å². The highest BCUT2D eigenvalue weighted by Crippen LogP contribution is 2.35. The Bertz CT molecular complexity index is 488. The second-order valence-corrected chi connectivity index (χ2v) is 5.09. The summed E-state index contributed by atoms with van der Waals surface area (Å²) in [6.07, 6.45) is -1.28. The van der Waals surface area contributed by atoms with Gasteiger partial charge in [0, 0.05) is 6.04 Å². The van der Waals surface area contributed by atoms with Gasteiger partial charge >= 0.3 is 6.18 Å². The van der Waals surface area contributed by atoms with Crippen LogP contribution in [-0.2, 0) is 11.0 Å². The molecule has 1 amide bonds. The zero-order valence-electron chi connectivity index (χ0n) is 10.9. The first-order chi connectivity index (χ1) is 9.39. The number of hydrogen-bond donors (Lipinski definition) is 2. The Morgan fingerprint density at radius 2 is 1.85 bits per heavy atom. The van der Waals surface area contributed by atoms with Crippen molar-refractivity contribution in [3.8, 4) is 0 Å². The zero-order valence-corrected chi connectivity index (χ0v) is 10.9. The molecule has 0 aromatic heterocycles. The molecule has 1 aromatic carbocycles. The number of carbonyl (C=O) groups excluding carboxylic acids is 1. The first-order valence-electron chi connectivity index (χ1n) is 6.62. The fourth-order valence-electron chi connectivity index (χ4n) is 2.55. The summed E-state index contributed by atoms with van der Waals surface area (Å²) in [5.74, 6) is -0.834. The average Bonchev–Trinajstić information content (AvgIpc) is 2.38. The molecule has 0 aliphatic heterocycles. The number of hydrogen-bond acceptors (Lipinski definition) is 2. The van der Waals surface area contributed by atoms with E-state index in [2.05, 4.69) is 5.32 Å². The number of rotatable bonds is 2. The number of nitrogens with two attached hydrogens (primary N) is 1. The van der Waals surface area contributed by atoms with E-state index in [0.717, 1.165) is 25.3 Å². The van der Waals surface area contributed by atoms with E-state index >= 15 is 0 Å². The molecule has 1 fully saturated rings. The van der Waals surface area contributed by atoms with Gasteiger partial charge in [0.15, 0.2) is 0 Å². The number of carbonyl (C=O) groups is 1. The van der Waals surface area contributed by atoms with Crippen molar-refractivity contribution in [2.24, 2.45) is 11.7 Å². The van der Waals surface area contributed by atoms with Crippen LogP contribution >= 0.6 is 0 Å². The van der Waals surface area contributed by atoms with Gasteiger partial charge in [-0.1, -0.05) is 25.0 Å². The molecule has 1 aliphatic carbocycles. The molecule has 110 valence electrons. The zero-order chi connectivity index (χ0) is 14.8. The molecule has 2 atom stereocenters. The Kier molecular flexibility index (Phi) is 4.32. The summed E-state index contributed by atoms with van der Waals surface area (Å²) in [7, 11) is 0. The molecule has 3 nitrogen and oxygen atoms in total. The maximum absolute atomic E-state index is 12.8. The number of anilines is 1. The molecule has 0 heterocycles. The lowest BCUT2D eigenvalue weighted by molar-refractivity contribution is -0.137. The van der Waals surface area contributed by atoms with Crippen LogP contribution in [0.1, 0.15) is 31.2 Å². The Morgan fingerprint density at radius 1 is 1.20 bits per heavy atom. The van der Waals surface area contributed by atoms with Gasteiger partial charge in [0.05, 0.1) is 17.2 Å². The van der Waals surface area contributed by atoms with E-state index in [1.807, 2.05) is 0 Å². The van der Waals surface area contributed by atoms with Crippen molar-refractivity contribution in [2.45, 2.75) is 37.9 Å². The van der Waals surface area contributed by atoms with Crippen LogP contribution in [0.15, 0.2) is 24.3 Å². The van der Waals surface area contributed by atoms with E-state index in [-0.39, 0.29) is 11.7 Å². The SMILES string of the molecule is NC1CCCCC1C(=O)Nc1ccccc1C(F)(F)F. The summed E-state index contributed by atoms with van der Waals surface area (Å²) < 4.78 is 38.5. The standard InChI is InChI=1S/C14H17F3N2O/c15-14(16,17)10-6-2-4-8-12(10)19-13(20)9-5-1-3-7-11(9)18/h2,4,6,8-9,11H,1,3,5,7,18H2,(H,19,20). The van der Waals surface area contributed by atoms with Crippen molar-refractivity contribution in [3.63, 3.8) is 0 Å². The molecule has 20 heavy (non-hydrogen) atoms. The van der Waals surface area contributed by atoms with Crippen LogP contribution in [0.3, 0.4) is 0 Å². The predicted molar refractivity (Wildman–Crippen MR) is 70.0 cm³/mol. The molecule has 0 bridgehead atoms. The smallest absolute Gasteiger partial charge is 0.327 e. The van der Waals surface area contributed by atoms with Crippen LogP contribution in [0, 0.1) is 5.92 Å². The van der Waals surface area contributed by atoms with Crippen LogP contribution in [0.4, 0.5) is 18.9 Å². The molecule has 1 aromatic rings. The lowest BCUT2D eigenvalue weighted by Crippen LogP contribution is -2.40. The van der Waals surface area contributed by atoms with Crippen molar-refractivity contribution < 1.29 is 18.0 Å². The quantitative estimate of drug-likeness (QED) is 0.877. The van der Waals surface area contributed by atoms with Gasteiger partial charge in [-0.05, 0) is 25.0 Å². The van der Waals surface area contributed by atoms with Crippen LogP contribution in [0.2, 0.25) is 0 Å². The molecule has 0 spiro atoms. The first-order valence-corrected chi connectivity index (χ1v) is 6.62. The van der Waals surface area contributed by atoms with Gasteiger partial charge in [0.2, 0.25) is 5.91 Å². The Hall–Kier alpha value is -1.56. The van der Waals surface area contributed by atoms with Crippen LogP contribution in [-0.4, -0.2) is 11.9 Å². The molecule has 0 saturated heterocycles. The molecule has 6 heteroatoms. The third kappa shape index (κ3) is 3.30. The summed E-state index contributed by atoms with van der Waals surface area (Å²) in [5.41, 5.74) is 4.83. The lowest BCUT2D eigenvalue weighted by Gasteiger charge is -2.27. The summed E-state index contributed by atoms with van der Waals surface area (Å²) >= 11 is 0. The molecule has 2 rings (SSSR count). The second kappa shape index (κ2) is 5.83. The number of para-hydroxylation sites is 1. The molecule has 3 N–H and O–H groups in total. The first kappa shape index (κ1) is 14.8. The number of amides is 1. The van der Waals surface area contributed by atoms with Gasteiger partial charge < -0.3 is 11.1 Å². The number of benzene rings is 1. The molecule has 0 radical (unpaired) electrons. The predicted octanol–water partition coefficient (Wildman–Crippen LogP) is 3.16. The lowest BCUT2D eigenvalue weighted by atomic mass is 9.84. The highest BCUT2D eigenvalue weighted by Gasteiger charge is 2.35. The monoisotopic (exact) mass is 286 g/mol. The van der Waals surface area contributed by atoms with E-state index < -0.39 is 23.6 Å². The van der Waals surface area contributed by atoms with Gasteiger partial charge in [-0.2, -0.15) is 13.2 Å². The molecule has 2 unspecified atom stereocenters. The van der Waals surface area contributed by atoms with Crippen LogP contribution < -0.4 is 11.1 Å². The van der Waals surface area contributed by atoms with Gasteiger partial charge in [0.1, 0.15) is 0 Å². The summed E-state index contributed by atoms with van der Waals surface area (Å²) in [4.78, 5) is 12.1. The molecular weight excluding hydrogens is 269 g/mol. The Morgan fingerprint density at radius 3 is 2.50 bits per heavy atom. The molecule has 1 saturated carbocycles. The maximum atomic E-state index is 12.8. The van der Waals surface area contributed by atoms with Crippen LogP contribution in [0.25, 0.3) is 0 Å². The van der Waals surface area contributed by atoms with E-state index in [4.69, 9.17) is 5.73 Å². The minimum Gasteiger partial charge on any atom is -0.327 e. The van der Waals surface area contributed by atoms with E-state index in [9.17, 15) is 18.0 Å². The van der Waals surface area contributed by atoms with E-state index in [0.29, 0.717) is 6.42 Å². The minimum absolute atomic E-state index is 0.206. The van der Waals surface area contributed by atoms with Gasteiger partial charge in [-0.25, -0.2) is 0 Å². The van der Waals surface area contributed by atoms with Gasteiger partial charge in [-0.15, -0.1) is 0 Å². The fourth-order valence-corrected chi connectivity index (χ4v) is 2.55. The molecule has 1 aliphatic rings. The minimum atomic E-state index is -4.49. The summed E-state index contributed by atoms with van der Waals surface area (Å²) in [6, 6.07) is 4.70. The van der Waals surface area contributed by atoms with Gasteiger partial charge in [-0.3, -0.25) is 4.79 Å². The van der Waals surface area contributed by atoms with Crippen molar-refractivity contribution in [3.05, 3.63) is 29.8 Å². The number of alkyl halides is 3.